The molecule has 0 aromatic rings. The molecule has 3 aliphatic rings. The summed E-state index contributed by atoms with van der Waals surface area (Å²) in [5.74, 6) is -0.939. The van der Waals surface area contributed by atoms with Crippen molar-refractivity contribution in [3.8, 4) is 0 Å². The van der Waals surface area contributed by atoms with Gasteiger partial charge in [-0.1, -0.05) is 20.8 Å². The molecular weight excluding hydrogens is 590 g/mol. The lowest BCUT2D eigenvalue weighted by Crippen LogP contribution is -2.59. The molecule has 46 heavy (non-hydrogen) atoms. The van der Waals surface area contributed by atoms with Crippen LogP contribution in [0.15, 0.2) is 0 Å². The van der Waals surface area contributed by atoms with E-state index in [0.29, 0.717) is 25.3 Å². The molecule has 11 nitrogen and oxygen atoms in total. The van der Waals surface area contributed by atoms with E-state index < -0.39 is 41.4 Å². The number of likely N-dealkylation sites (tertiary alicyclic amines) is 1. The lowest BCUT2D eigenvalue weighted by Gasteiger charge is -2.47. The van der Waals surface area contributed by atoms with Crippen molar-refractivity contribution in [2.45, 2.75) is 123 Å². The van der Waals surface area contributed by atoms with E-state index in [-0.39, 0.29) is 43.1 Å². The largest absolute Gasteiger partial charge is 0.463 e. The van der Waals surface area contributed by atoms with Gasteiger partial charge in [0.2, 0.25) is 0 Å². The maximum Gasteiger partial charge on any atom is 0.319 e. The van der Waals surface area contributed by atoms with Crippen LogP contribution in [-0.2, 0) is 28.5 Å². The highest BCUT2D eigenvalue weighted by molar-refractivity contribution is 6.04. The average molecular weight is 656 g/mol. The average Bonchev–Trinajstić information content (AvgIpc) is 3.01. The number of hydrogen-bond donors (Lipinski definition) is 2. The Kier molecular flexibility index (Phi) is 14.5. The molecule has 2 N–H and O–H groups in total. The number of β-amino-alcohol motifs (C(OH)–C–C–N with tert-alkyl or cyclic N) is 1. The molecule has 0 bridgehead atoms. The number of methoxy groups -OCH3 is 1. The second kappa shape index (κ2) is 17.0. The Labute approximate surface area is 278 Å². The van der Waals surface area contributed by atoms with Gasteiger partial charge >= 0.3 is 5.97 Å². The van der Waals surface area contributed by atoms with Crippen molar-refractivity contribution < 1.29 is 38.7 Å². The molecule has 268 valence electrons. The number of nitrogens with zero attached hydrogens (tertiary/aromatic N) is 3. The molecule has 0 amide bonds. The van der Waals surface area contributed by atoms with Crippen LogP contribution in [0.3, 0.4) is 0 Å². The number of carbonyl (C=O) groups is 2. The molecule has 0 aliphatic carbocycles. The smallest absolute Gasteiger partial charge is 0.319 e. The molecule has 11 heteroatoms. The Morgan fingerprint density at radius 3 is 2.30 bits per heavy atom. The van der Waals surface area contributed by atoms with Gasteiger partial charge in [-0.3, -0.25) is 14.5 Å². The Bertz CT molecular complexity index is 973. The minimum absolute atomic E-state index is 0.0194. The third kappa shape index (κ3) is 9.49. The summed E-state index contributed by atoms with van der Waals surface area (Å²) in [7, 11) is 5.50. The monoisotopic (exact) mass is 655 g/mol. The number of hydrogen-bond acceptors (Lipinski definition) is 11. The summed E-state index contributed by atoms with van der Waals surface area (Å²) in [6.45, 7) is 17.9. The first-order valence-electron chi connectivity index (χ1n) is 17.6. The Morgan fingerprint density at radius 2 is 1.74 bits per heavy atom. The number of esters is 1. The summed E-state index contributed by atoms with van der Waals surface area (Å²) in [5, 5.41) is 20.7. The van der Waals surface area contributed by atoms with E-state index in [1.807, 2.05) is 32.8 Å². The lowest BCUT2D eigenvalue weighted by molar-refractivity contribution is -0.295. The summed E-state index contributed by atoms with van der Waals surface area (Å²) >= 11 is 0. The number of ether oxygens (including phenoxy) is 4. The van der Waals surface area contributed by atoms with Crippen LogP contribution in [-0.4, -0.2) is 146 Å². The van der Waals surface area contributed by atoms with Crippen LogP contribution in [0.25, 0.3) is 0 Å². The number of cyclic esters (lactones) is 1. The van der Waals surface area contributed by atoms with Crippen LogP contribution in [0.5, 0.6) is 0 Å². The normalized spacial score (nSPS) is 38.2. The number of aliphatic hydroxyl groups is 2. The van der Waals surface area contributed by atoms with Crippen molar-refractivity contribution in [3.63, 3.8) is 0 Å². The van der Waals surface area contributed by atoms with Crippen molar-refractivity contribution in [1.29, 1.82) is 0 Å². The summed E-state index contributed by atoms with van der Waals surface area (Å²) < 4.78 is 25.1. The maximum atomic E-state index is 14.3. The fraction of sp³-hybridized carbons (Fsp3) is 0.943. The second-order valence-electron chi connectivity index (χ2n) is 15.3. The molecule has 0 aromatic carbocycles. The van der Waals surface area contributed by atoms with Gasteiger partial charge in [-0.15, -0.1) is 0 Å². The number of Topliss-reactive ketones (excluding diaryl/α,β-unsaturated/α-hetero) is 1. The molecule has 3 rings (SSSR count). The summed E-state index contributed by atoms with van der Waals surface area (Å²) in [6.07, 6.45) is 1.39. The highest BCUT2D eigenvalue weighted by atomic mass is 16.7. The molecule has 3 aliphatic heterocycles. The van der Waals surface area contributed by atoms with Crippen molar-refractivity contribution in [2.24, 2.45) is 23.2 Å². The first kappa shape index (κ1) is 39.3. The van der Waals surface area contributed by atoms with Crippen LogP contribution < -0.4 is 0 Å². The van der Waals surface area contributed by atoms with E-state index in [1.165, 1.54) is 0 Å². The highest BCUT2D eigenvalue weighted by Crippen LogP contribution is 2.38. The molecule has 3 fully saturated rings. The molecule has 0 radical (unpaired) electrons. The third-order valence-electron chi connectivity index (χ3n) is 11.0. The number of piperidine rings is 1. The topological polar surface area (TPSA) is 121 Å². The van der Waals surface area contributed by atoms with Crippen LogP contribution in [0.4, 0.5) is 0 Å². The van der Waals surface area contributed by atoms with Gasteiger partial charge < -0.3 is 39.0 Å². The first-order valence-corrected chi connectivity index (χ1v) is 17.6. The number of rotatable bonds is 9. The predicted molar refractivity (Wildman–Crippen MR) is 177 cm³/mol. The predicted octanol–water partition coefficient (Wildman–Crippen LogP) is 2.80. The lowest BCUT2D eigenvalue weighted by atomic mass is 9.74. The highest BCUT2D eigenvalue weighted by Gasteiger charge is 2.51. The Morgan fingerprint density at radius 1 is 1.09 bits per heavy atom. The Hall–Kier alpha value is -1.18. The zero-order valence-electron chi connectivity index (χ0n) is 30.4. The van der Waals surface area contributed by atoms with Crippen molar-refractivity contribution in [1.82, 2.24) is 14.7 Å². The van der Waals surface area contributed by atoms with Gasteiger partial charge in [0.15, 0.2) is 12.1 Å². The second-order valence-corrected chi connectivity index (χ2v) is 15.3. The SMILES string of the molecule is CCN1C[C@H](C)C[C@@](C)(OC)[C@H](O[C@@H]2O[C@H](C)C[C@H](N(C)C)[C@H]2O)[C@@H](C)C(=O)C(C)(C)C(=O)OC[C@H]1CC1CCN(CCO)CC1. The van der Waals surface area contributed by atoms with Gasteiger partial charge in [-0.25, -0.2) is 0 Å². The van der Waals surface area contributed by atoms with Crippen molar-refractivity contribution >= 4 is 11.8 Å². The summed E-state index contributed by atoms with van der Waals surface area (Å²) in [6, 6.07) is -0.156. The molecule has 3 saturated heterocycles. The van der Waals surface area contributed by atoms with Crippen LogP contribution >= 0.6 is 0 Å². The zero-order chi connectivity index (χ0) is 34.4. The quantitative estimate of drug-likeness (QED) is 0.282. The van der Waals surface area contributed by atoms with E-state index in [2.05, 4.69) is 23.6 Å². The van der Waals surface area contributed by atoms with E-state index in [4.69, 9.17) is 18.9 Å². The summed E-state index contributed by atoms with van der Waals surface area (Å²) in [4.78, 5) is 34.7. The van der Waals surface area contributed by atoms with E-state index in [0.717, 1.165) is 45.4 Å². The minimum Gasteiger partial charge on any atom is -0.463 e. The number of ketones is 1. The van der Waals surface area contributed by atoms with Gasteiger partial charge in [0.25, 0.3) is 0 Å². The van der Waals surface area contributed by atoms with E-state index in [9.17, 15) is 19.8 Å². The molecule has 0 spiro atoms. The van der Waals surface area contributed by atoms with Gasteiger partial charge in [0.05, 0.1) is 24.4 Å². The number of likely N-dealkylation sites (N-methyl/N-ethyl adjacent to an activating group) is 2. The minimum atomic E-state index is -1.42. The van der Waals surface area contributed by atoms with Gasteiger partial charge in [0.1, 0.15) is 18.1 Å². The fourth-order valence-corrected chi connectivity index (χ4v) is 8.05. The van der Waals surface area contributed by atoms with E-state index in [1.54, 1.807) is 27.9 Å². The van der Waals surface area contributed by atoms with Crippen molar-refractivity contribution in [3.05, 3.63) is 0 Å². The third-order valence-corrected chi connectivity index (χ3v) is 11.0. The number of carbonyl (C=O) groups excluding carboxylic acids is 2. The molecular formula is C35H65N3O8. The van der Waals surface area contributed by atoms with Gasteiger partial charge in [0, 0.05) is 38.2 Å². The fourth-order valence-electron chi connectivity index (χ4n) is 8.05. The zero-order valence-corrected chi connectivity index (χ0v) is 30.4. The van der Waals surface area contributed by atoms with Gasteiger partial charge in [-0.05, 0) is 105 Å². The number of aliphatic hydroxyl groups excluding tert-OH is 2. The summed E-state index contributed by atoms with van der Waals surface area (Å²) in [5.41, 5.74) is -2.34. The molecule has 0 saturated carbocycles. The van der Waals surface area contributed by atoms with Gasteiger partial charge in [-0.2, -0.15) is 0 Å². The maximum absolute atomic E-state index is 14.3. The molecule has 0 aromatic heterocycles. The molecule has 9 atom stereocenters. The van der Waals surface area contributed by atoms with E-state index >= 15 is 0 Å². The Balaban J connectivity index is 1.94. The van der Waals surface area contributed by atoms with Crippen LogP contribution in [0.1, 0.15) is 80.6 Å². The van der Waals surface area contributed by atoms with Crippen molar-refractivity contribution in [2.75, 3.05) is 67.1 Å². The van der Waals surface area contributed by atoms with Crippen LogP contribution in [0.2, 0.25) is 0 Å². The molecule has 0 unspecified atom stereocenters. The standard InChI is InChI=1S/C35H65N3O8/c1-11-38-21-23(2)20-35(7,43-10)31(46-32-29(40)28(36(8)9)18-24(3)45-32)25(4)30(41)34(5,6)33(42)44-22-27(38)19-26-12-14-37(15-13-26)16-17-39/h23-29,31-32,39-40H,11-22H2,1-10H3/t23-,24-,25+,27-,28+,29-,31-,32+,35-/m1/s1. The first-order chi connectivity index (χ1) is 21.6. The molecule has 3 heterocycles. The van der Waals surface area contributed by atoms with Crippen LogP contribution in [0, 0.1) is 23.2 Å².